The molecule has 1 fully saturated rings. The molecule has 0 saturated carbocycles. The van der Waals surface area contributed by atoms with Crippen molar-refractivity contribution >= 4 is 0 Å². The summed E-state index contributed by atoms with van der Waals surface area (Å²) in [6, 6.07) is 0.409. The second kappa shape index (κ2) is 8.13. The number of rotatable bonds is 6. The van der Waals surface area contributed by atoms with Crippen molar-refractivity contribution in [3.8, 4) is 0 Å². The van der Waals surface area contributed by atoms with E-state index < -0.39 is 0 Å². The molecular weight excluding hydrogens is 224 g/mol. The van der Waals surface area contributed by atoms with Gasteiger partial charge in [-0.1, -0.05) is 26.2 Å². The van der Waals surface area contributed by atoms with Gasteiger partial charge in [0.25, 0.3) is 0 Å². The molecule has 0 aromatic rings. The molecule has 0 aliphatic carbocycles. The third-order valence-electron chi connectivity index (χ3n) is 4.21. The van der Waals surface area contributed by atoms with Crippen LogP contribution in [0.15, 0.2) is 0 Å². The van der Waals surface area contributed by atoms with E-state index in [1.54, 1.807) is 0 Å². The van der Waals surface area contributed by atoms with Crippen molar-refractivity contribution < 1.29 is 4.74 Å². The lowest BCUT2D eigenvalue weighted by Crippen LogP contribution is -2.54. The first-order valence-corrected chi connectivity index (χ1v) is 7.61. The smallest absolute Gasteiger partial charge is 0.0787 e. The van der Waals surface area contributed by atoms with Crippen LogP contribution >= 0.6 is 0 Å². The van der Waals surface area contributed by atoms with Crippen LogP contribution in [0.4, 0.5) is 0 Å². The van der Waals surface area contributed by atoms with Gasteiger partial charge in [-0.25, -0.2) is 0 Å². The van der Waals surface area contributed by atoms with Gasteiger partial charge in [0, 0.05) is 19.7 Å². The van der Waals surface area contributed by atoms with E-state index in [4.69, 9.17) is 4.74 Å². The van der Waals surface area contributed by atoms with Crippen LogP contribution in [0.3, 0.4) is 0 Å². The predicted octanol–water partition coefficient (Wildman–Crippen LogP) is 2.66. The molecule has 0 bridgehead atoms. The molecular formula is C15H32N2O. The van der Waals surface area contributed by atoms with Gasteiger partial charge in [-0.3, -0.25) is 0 Å². The first-order chi connectivity index (χ1) is 8.60. The van der Waals surface area contributed by atoms with Crippen molar-refractivity contribution in [3.63, 3.8) is 0 Å². The number of hydrogen-bond acceptors (Lipinski definition) is 3. The van der Waals surface area contributed by atoms with E-state index in [0.29, 0.717) is 6.04 Å². The van der Waals surface area contributed by atoms with Gasteiger partial charge in [0.15, 0.2) is 0 Å². The van der Waals surface area contributed by atoms with Crippen LogP contribution in [0.2, 0.25) is 0 Å². The van der Waals surface area contributed by atoms with E-state index in [0.717, 1.165) is 13.1 Å². The van der Waals surface area contributed by atoms with Crippen LogP contribution in [-0.2, 0) is 4.74 Å². The maximum Gasteiger partial charge on any atom is 0.0787 e. The van der Waals surface area contributed by atoms with Crippen molar-refractivity contribution in [1.29, 1.82) is 0 Å². The van der Waals surface area contributed by atoms with E-state index in [1.807, 2.05) is 7.11 Å². The molecule has 108 valence electrons. The molecule has 1 rings (SSSR count). The number of likely N-dealkylation sites (N-methyl/N-ethyl adjacent to an activating group) is 1. The van der Waals surface area contributed by atoms with Gasteiger partial charge in [-0.05, 0) is 46.3 Å². The fourth-order valence-corrected chi connectivity index (χ4v) is 2.67. The van der Waals surface area contributed by atoms with Crippen LogP contribution in [0, 0.1) is 0 Å². The van der Waals surface area contributed by atoms with E-state index in [-0.39, 0.29) is 5.60 Å². The molecule has 1 N–H and O–H groups in total. The summed E-state index contributed by atoms with van der Waals surface area (Å²) in [6.07, 6.45) is 6.93. The molecule has 0 radical (unpaired) electrons. The summed E-state index contributed by atoms with van der Waals surface area (Å²) in [7, 11) is 1.82. The number of ether oxygens (including phenoxy) is 1. The van der Waals surface area contributed by atoms with Gasteiger partial charge in [-0.15, -0.1) is 0 Å². The fourth-order valence-electron chi connectivity index (χ4n) is 2.67. The number of methoxy groups -OCH3 is 1. The topological polar surface area (TPSA) is 24.5 Å². The molecule has 1 aliphatic rings. The monoisotopic (exact) mass is 256 g/mol. The minimum Gasteiger partial charge on any atom is -0.377 e. The van der Waals surface area contributed by atoms with Gasteiger partial charge in [-0.2, -0.15) is 0 Å². The molecule has 0 spiro atoms. The summed E-state index contributed by atoms with van der Waals surface area (Å²) >= 11 is 0. The Kier molecular flexibility index (Phi) is 7.20. The number of hydrogen-bond donors (Lipinski definition) is 1. The SMILES string of the molecule is CCNC(CN1CCCCCCC1)C(C)(C)OC. The molecule has 1 aliphatic heterocycles. The Bertz CT molecular complexity index is 211. The molecule has 1 saturated heterocycles. The Morgan fingerprint density at radius 2 is 1.67 bits per heavy atom. The standard InChI is InChI=1S/C15H32N2O/c1-5-16-14(15(2,3)18-4)13-17-11-9-7-6-8-10-12-17/h14,16H,5-13H2,1-4H3. The van der Waals surface area contributed by atoms with Gasteiger partial charge in [0.1, 0.15) is 0 Å². The Balaban J connectivity index is 2.52. The number of nitrogens with zero attached hydrogens (tertiary/aromatic N) is 1. The normalized spacial score (nSPS) is 21.3. The Hall–Kier alpha value is -0.120. The van der Waals surface area contributed by atoms with Crippen molar-refractivity contribution in [2.75, 3.05) is 33.3 Å². The molecule has 0 aromatic carbocycles. The van der Waals surface area contributed by atoms with E-state index >= 15 is 0 Å². The minimum atomic E-state index is -0.0988. The van der Waals surface area contributed by atoms with Crippen LogP contribution in [0.1, 0.15) is 52.9 Å². The van der Waals surface area contributed by atoms with Crippen molar-refractivity contribution in [2.24, 2.45) is 0 Å². The molecule has 3 heteroatoms. The Morgan fingerprint density at radius 3 is 2.17 bits per heavy atom. The first kappa shape index (κ1) is 15.9. The highest BCUT2D eigenvalue weighted by Gasteiger charge is 2.30. The number of likely N-dealkylation sites (tertiary alicyclic amines) is 1. The zero-order valence-electron chi connectivity index (χ0n) is 12.8. The lowest BCUT2D eigenvalue weighted by molar-refractivity contribution is -0.0200. The maximum atomic E-state index is 5.66. The molecule has 1 heterocycles. The second-order valence-corrected chi connectivity index (χ2v) is 5.99. The lowest BCUT2D eigenvalue weighted by Gasteiger charge is -2.38. The van der Waals surface area contributed by atoms with Crippen LogP contribution in [0.5, 0.6) is 0 Å². The average Bonchev–Trinajstić information content (AvgIpc) is 2.31. The third kappa shape index (κ3) is 5.25. The van der Waals surface area contributed by atoms with E-state index in [1.165, 1.54) is 45.2 Å². The quantitative estimate of drug-likeness (QED) is 0.791. The minimum absolute atomic E-state index is 0.0988. The van der Waals surface area contributed by atoms with Crippen LogP contribution < -0.4 is 5.32 Å². The molecule has 1 unspecified atom stereocenters. The highest BCUT2D eigenvalue weighted by Crippen LogP contribution is 2.17. The lowest BCUT2D eigenvalue weighted by atomic mass is 9.97. The fraction of sp³-hybridized carbons (Fsp3) is 1.00. The van der Waals surface area contributed by atoms with Gasteiger partial charge in [0.2, 0.25) is 0 Å². The van der Waals surface area contributed by atoms with Crippen molar-refractivity contribution in [1.82, 2.24) is 10.2 Å². The van der Waals surface area contributed by atoms with Crippen LogP contribution in [-0.4, -0.2) is 49.8 Å². The highest BCUT2D eigenvalue weighted by molar-refractivity contribution is 4.88. The number of nitrogens with one attached hydrogen (secondary N) is 1. The third-order valence-corrected chi connectivity index (χ3v) is 4.21. The van der Waals surface area contributed by atoms with E-state index in [2.05, 4.69) is 31.0 Å². The van der Waals surface area contributed by atoms with Gasteiger partial charge < -0.3 is 15.0 Å². The summed E-state index contributed by atoms with van der Waals surface area (Å²) in [6.45, 7) is 11.2. The molecule has 0 aromatic heterocycles. The molecule has 1 atom stereocenters. The average molecular weight is 256 g/mol. The molecule has 18 heavy (non-hydrogen) atoms. The zero-order valence-corrected chi connectivity index (χ0v) is 12.8. The maximum absolute atomic E-state index is 5.66. The Labute approximate surface area is 113 Å². The summed E-state index contributed by atoms with van der Waals surface area (Å²) in [5, 5.41) is 3.59. The van der Waals surface area contributed by atoms with Crippen LogP contribution in [0.25, 0.3) is 0 Å². The highest BCUT2D eigenvalue weighted by atomic mass is 16.5. The first-order valence-electron chi connectivity index (χ1n) is 7.61. The summed E-state index contributed by atoms with van der Waals surface area (Å²) in [5.41, 5.74) is -0.0988. The van der Waals surface area contributed by atoms with E-state index in [9.17, 15) is 0 Å². The Morgan fingerprint density at radius 1 is 1.11 bits per heavy atom. The van der Waals surface area contributed by atoms with Crippen molar-refractivity contribution in [2.45, 2.75) is 64.5 Å². The predicted molar refractivity (Wildman–Crippen MR) is 78.1 cm³/mol. The summed E-state index contributed by atoms with van der Waals surface area (Å²) in [5.74, 6) is 0. The van der Waals surface area contributed by atoms with Gasteiger partial charge >= 0.3 is 0 Å². The largest absolute Gasteiger partial charge is 0.377 e. The summed E-state index contributed by atoms with van der Waals surface area (Å²) in [4.78, 5) is 2.62. The molecule has 3 nitrogen and oxygen atoms in total. The zero-order chi connectivity index (χ0) is 13.4. The second-order valence-electron chi connectivity index (χ2n) is 5.99. The van der Waals surface area contributed by atoms with Crippen molar-refractivity contribution in [3.05, 3.63) is 0 Å². The molecule has 0 amide bonds. The van der Waals surface area contributed by atoms with Gasteiger partial charge in [0.05, 0.1) is 5.60 Å². The summed E-state index contributed by atoms with van der Waals surface area (Å²) < 4.78 is 5.66.